The van der Waals surface area contributed by atoms with Crippen molar-refractivity contribution in [3.8, 4) is 16.9 Å². The van der Waals surface area contributed by atoms with Gasteiger partial charge in [0.25, 0.3) is 0 Å². The van der Waals surface area contributed by atoms with Gasteiger partial charge in [-0.2, -0.15) is 26.3 Å². The molecule has 0 aliphatic heterocycles. The molecule has 2 aromatic rings. The zero-order valence-electron chi connectivity index (χ0n) is 18.8. The molecule has 3 N–H and O–H groups in total. The first-order valence-electron chi connectivity index (χ1n) is 10.4. The number of anilines is 1. The third-order valence-electron chi connectivity index (χ3n) is 5.28. The molecule has 1 aromatic heterocycles. The summed E-state index contributed by atoms with van der Waals surface area (Å²) in [5.41, 5.74) is 7.70. The van der Waals surface area contributed by atoms with Gasteiger partial charge in [-0.25, -0.2) is 9.78 Å². The topological polar surface area (TPSA) is 80.5 Å². The Kier molecular flexibility index (Phi) is 8.62. The lowest BCUT2D eigenvalue weighted by atomic mass is 10.00. The summed E-state index contributed by atoms with van der Waals surface area (Å²) in [5.74, 6) is 0.567. The number of urea groups is 1. The number of nitrogens with zero attached hydrogens (tertiary/aromatic N) is 2. The second kappa shape index (κ2) is 10.8. The fraction of sp³-hybridized carbons (Fsp3) is 0.455. The van der Waals surface area contributed by atoms with Crippen LogP contribution >= 0.6 is 0 Å². The quantitative estimate of drug-likeness (QED) is 0.463. The molecule has 0 bridgehead atoms. The smallest absolute Gasteiger partial charge is 0.408 e. The minimum absolute atomic E-state index is 0.0261. The number of pyridine rings is 1. The first-order valence-corrected chi connectivity index (χ1v) is 10.4. The molecule has 34 heavy (non-hydrogen) atoms. The average Bonchev–Trinajstić information content (AvgIpc) is 2.76. The van der Waals surface area contributed by atoms with Crippen LogP contribution in [0.2, 0.25) is 0 Å². The Morgan fingerprint density at radius 3 is 2.41 bits per heavy atom. The number of nitrogens with one attached hydrogen (secondary N) is 1. The van der Waals surface area contributed by atoms with Gasteiger partial charge in [-0.05, 0) is 43.5 Å². The van der Waals surface area contributed by atoms with Crippen molar-refractivity contribution < 1.29 is 35.9 Å². The Balaban J connectivity index is 2.25. The highest BCUT2D eigenvalue weighted by molar-refractivity contribution is 5.75. The molecule has 0 spiro atoms. The summed E-state index contributed by atoms with van der Waals surface area (Å²) in [6.07, 6.45) is -11.2. The second-order valence-corrected chi connectivity index (χ2v) is 7.60. The van der Waals surface area contributed by atoms with Gasteiger partial charge < -0.3 is 20.7 Å². The number of aromatic nitrogens is 1. The van der Waals surface area contributed by atoms with Crippen LogP contribution in [-0.4, -0.2) is 48.0 Å². The Morgan fingerprint density at radius 2 is 1.85 bits per heavy atom. The van der Waals surface area contributed by atoms with Crippen LogP contribution < -0.4 is 15.8 Å². The maximum absolute atomic E-state index is 13.3. The Hall–Kier alpha value is -3.18. The van der Waals surface area contributed by atoms with Crippen LogP contribution in [0.1, 0.15) is 38.3 Å². The van der Waals surface area contributed by atoms with Gasteiger partial charge in [-0.3, -0.25) is 0 Å². The molecule has 188 valence electrons. The molecule has 1 aromatic carbocycles. The number of rotatable bonds is 8. The number of alkyl halides is 6. The van der Waals surface area contributed by atoms with E-state index in [0.29, 0.717) is 22.4 Å². The lowest BCUT2D eigenvalue weighted by Crippen LogP contribution is -2.51. The van der Waals surface area contributed by atoms with Gasteiger partial charge in [0.1, 0.15) is 6.04 Å². The molecule has 2 rings (SSSR count). The third-order valence-corrected chi connectivity index (χ3v) is 5.28. The van der Waals surface area contributed by atoms with Gasteiger partial charge in [-0.15, -0.1) is 0 Å². The number of halogens is 6. The molecule has 1 heterocycles. The molecule has 0 aliphatic carbocycles. The van der Waals surface area contributed by atoms with Crippen molar-refractivity contribution in [1.82, 2.24) is 15.2 Å². The van der Waals surface area contributed by atoms with Crippen molar-refractivity contribution in [3.05, 3.63) is 42.1 Å². The molecule has 6 nitrogen and oxygen atoms in total. The van der Waals surface area contributed by atoms with Gasteiger partial charge in [0.15, 0.2) is 11.6 Å². The first-order chi connectivity index (χ1) is 15.8. The highest BCUT2D eigenvalue weighted by Gasteiger charge is 2.43. The van der Waals surface area contributed by atoms with E-state index in [0.717, 1.165) is 4.90 Å². The fourth-order valence-electron chi connectivity index (χ4n) is 3.39. The zero-order valence-corrected chi connectivity index (χ0v) is 18.8. The van der Waals surface area contributed by atoms with Crippen molar-refractivity contribution in [2.24, 2.45) is 0 Å². The lowest BCUT2D eigenvalue weighted by molar-refractivity contribution is -0.171. The molecular weight excluding hydrogens is 466 g/mol. The summed E-state index contributed by atoms with van der Waals surface area (Å²) in [7, 11) is 1.44. The summed E-state index contributed by atoms with van der Waals surface area (Å²) in [5, 5.41) is 1.72. The largest absolute Gasteiger partial charge is 0.493 e. The van der Waals surface area contributed by atoms with Crippen LogP contribution in [0.4, 0.5) is 37.0 Å². The molecular formula is C22H26F6N4O2. The van der Waals surface area contributed by atoms with Crippen LogP contribution in [0.5, 0.6) is 5.75 Å². The van der Waals surface area contributed by atoms with E-state index in [9.17, 15) is 31.1 Å². The standard InChI is InChI=1S/C22H26F6N4O2/c1-4-32(20(33)31-18(22(26,27)28)8-9-21(23,24)25)13(2)14-6-5-7-15(10-14)16-11-17(34-3)19(29)30-12-16/h5-7,10-13,18H,4,8-9H2,1-3H3,(H2,29,30)(H,31,33). The number of hydrogen-bond donors (Lipinski definition) is 2. The maximum atomic E-state index is 13.3. The average molecular weight is 492 g/mol. The predicted octanol–water partition coefficient (Wildman–Crippen LogP) is 5.71. The van der Waals surface area contributed by atoms with Gasteiger partial charge in [0.2, 0.25) is 0 Å². The lowest BCUT2D eigenvalue weighted by Gasteiger charge is -2.31. The number of ether oxygens (including phenoxy) is 1. The predicted molar refractivity (Wildman–Crippen MR) is 115 cm³/mol. The fourth-order valence-corrected chi connectivity index (χ4v) is 3.39. The molecule has 0 radical (unpaired) electrons. The SMILES string of the molecule is CCN(C(=O)NC(CCC(F)(F)F)C(F)(F)F)C(C)c1cccc(-c2cnc(N)c(OC)c2)c1. The Labute approximate surface area is 193 Å². The molecule has 2 amide bonds. The van der Waals surface area contributed by atoms with E-state index in [1.807, 2.05) is 0 Å². The number of nitrogen functional groups attached to an aromatic ring is 1. The van der Waals surface area contributed by atoms with Crippen LogP contribution in [0.25, 0.3) is 11.1 Å². The number of carbonyl (C=O) groups is 1. The van der Waals surface area contributed by atoms with Gasteiger partial charge in [-0.1, -0.05) is 18.2 Å². The number of carbonyl (C=O) groups excluding carboxylic acids is 1. The zero-order chi connectivity index (χ0) is 25.7. The van der Waals surface area contributed by atoms with Gasteiger partial charge in [0.05, 0.1) is 13.2 Å². The number of nitrogens with two attached hydrogens (primary N) is 1. The van der Waals surface area contributed by atoms with Crippen LogP contribution in [-0.2, 0) is 0 Å². The number of amides is 2. The molecule has 2 atom stereocenters. The van der Waals surface area contributed by atoms with Crippen molar-refractivity contribution >= 4 is 11.8 Å². The molecule has 2 unspecified atom stereocenters. The van der Waals surface area contributed by atoms with E-state index in [-0.39, 0.29) is 12.4 Å². The summed E-state index contributed by atoms with van der Waals surface area (Å²) in [6, 6.07) is 4.17. The van der Waals surface area contributed by atoms with Crippen LogP contribution in [0, 0.1) is 0 Å². The molecule has 0 saturated heterocycles. The van der Waals surface area contributed by atoms with E-state index < -0.39 is 43.3 Å². The van der Waals surface area contributed by atoms with E-state index >= 15 is 0 Å². The minimum Gasteiger partial charge on any atom is -0.493 e. The third kappa shape index (κ3) is 7.16. The summed E-state index contributed by atoms with van der Waals surface area (Å²) in [6.45, 7) is 3.20. The summed E-state index contributed by atoms with van der Waals surface area (Å²) < 4.78 is 82.3. The number of hydrogen-bond acceptors (Lipinski definition) is 4. The molecule has 12 heteroatoms. The molecule has 0 saturated carbocycles. The Morgan fingerprint density at radius 1 is 1.18 bits per heavy atom. The highest BCUT2D eigenvalue weighted by Crippen LogP contribution is 2.31. The van der Waals surface area contributed by atoms with E-state index in [1.165, 1.54) is 13.3 Å². The van der Waals surface area contributed by atoms with Gasteiger partial charge >= 0.3 is 18.4 Å². The highest BCUT2D eigenvalue weighted by atomic mass is 19.4. The second-order valence-electron chi connectivity index (χ2n) is 7.60. The van der Waals surface area contributed by atoms with Crippen LogP contribution in [0.15, 0.2) is 36.5 Å². The van der Waals surface area contributed by atoms with E-state index in [4.69, 9.17) is 10.5 Å². The monoisotopic (exact) mass is 492 g/mol. The molecule has 0 fully saturated rings. The summed E-state index contributed by atoms with van der Waals surface area (Å²) >= 11 is 0. The first kappa shape index (κ1) is 27.1. The number of methoxy groups -OCH3 is 1. The van der Waals surface area contributed by atoms with Gasteiger partial charge in [0, 0.05) is 24.7 Å². The minimum atomic E-state index is -5.02. The summed E-state index contributed by atoms with van der Waals surface area (Å²) in [4.78, 5) is 17.8. The van der Waals surface area contributed by atoms with Crippen molar-refractivity contribution in [2.75, 3.05) is 19.4 Å². The maximum Gasteiger partial charge on any atom is 0.408 e. The van der Waals surface area contributed by atoms with Crippen molar-refractivity contribution in [2.45, 2.75) is 51.1 Å². The van der Waals surface area contributed by atoms with E-state index in [1.54, 1.807) is 49.5 Å². The van der Waals surface area contributed by atoms with Crippen LogP contribution in [0.3, 0.4) is 0 Å². The molecule has 0 aliphatic rings. The number of benzene rings is 1. The Bertz CT molecular complexity index is 981. The van der Waals surface area contributed by atoms with E-state index in [2.05, 4.69) is 4.98 Å². The van der Waals surface area contributed by atoms with Crippen molar-refractivity contribution in [1.29, 1.82) is 0 Å². The van der Waals surface area contributed by atoms with Crippen molar-refractivity contribution in [3.63, 3.8) is 0 Å². The normalized spacial score (nSPS) is 13.8.